The van der Waals surface area contributed by atoms with Crippen molar-refractivity contribution in [2.24, 2.45) is 0 Å². The topological polar surface area (TPSA) is 46.0 Å². The molecule has 1 aromatic carbocycles. The first-order chi connectivity index (χ1) is 10.7. The van der Waals surface area contributed by atoms with Crippen LogP contribution < -0.4 is 10.2 Å². The van der Waals surface area contributed by atoms with Crippen LogP contribution in [-0.4, -0.2) is 40.4 Å². The maximum Gasteiger partial charge on any atom is 0.137 e. The molecular weight excluding hydrogens is 281 g/mol. The minimum Gasteiger partial charge on any atom is -0.371 e. The molecule has 22 heavy (non-hydrogen) atoms. The van der Waals surface area contributed by atoms with Gasteiger partial charge < -0.3 is 10.2 Å². The van der Waals surface area contributed by atoms with Gasteiger partial charge in [-0.2, -0.15) is 5.10 Å². The second kappa shape index (κ2) is 6.87. The summed E-state index contributed by atoms with van der Waals surface area (Å²) in [6.45, 7) is 5.74. The zero-order valence-electron chi connectivity index (χ0n) is 12.9. The van der Waals surface area contributed by atoms with Gasteiger partial charge in [-0.3, -0.25) is 4.68 Å². The molecule has 0 atom stereocenters. The van der Waals surface area contributed by atoms with Gasteiger partial charge in [0.15, 0.2) is 0 Å². The summed E-state index contributed by atoms with van der Waals surface area (Å²) in [6.07, 6.45) is 5.51. The number of anilines is 1. The molecule has 0 bridgehead atoms. The molecule has 3 rings (SSSR count). The van der Waals surface area contributed by atoms with Crippen LogP contribution in [0.15, 0.2) is 30.9 Å². The minimum atomic E-state index is -0.161. The van der Waals surface area contributed by atoms with Gasteiger partial charge in [0.25, 0.3) is 0 Å². The smallest absolute Gasteiger partial charge is 0.137 e. The average molecular weight is 303 g/mol. The van der Waals surface area contributed by atoms with E-state index in [-0.39, 0.29) is 5.82 Å². The Morgan fingerprint density at radius 1 is 1.32 bits per heavy atom. The minimum absolute atomic E-state index is 0.161. The van der Waals surface area contributed by atoms with Crippen LogP contribution in [0.4, 0.5) is 10.1 Å². The number of benzene rings is 1. The molecule has 0 saturated carbocycles. The lowest BCUT2D eigenvalue weighted by atomic mass is 10.0. The summed E-state index contributed by atoms with van der Waals surface area (Å²) in [5.41, 5.74) is 2.17. The number of hydrogen-bond acceptors (Lipinski definition) is 4. The lowest BCUT2D eigenvalue weighted by Gasteiger charge is -2.35. The van der Waals surface area contributed by atoms with Crippen molar-refractivity contribution in [1.29, 1.82) is 0 Å². The summed E-state index contributed by atoms with van der Waals surface area (Å²) in [4.78, 5) is 6.29. The van der Waals surface area contributed by atoms with Gasteiger partial charge in [-0.25, -0.2) is 9.37 Å². The van der Waals surface area contributed by atoms with Crippen molar-refractivity contribution in [3.8, 4) is 0 Å². The molecule has 1 saturated heterocycles. The Balaban J connectivity index is 1.46. The Labute approximate surface area is 130 Å². The molecule has 1 aliphatic heterocycles. The van der Waals surface area contributed by atoms with Crippen LogP contribution in [0.2, 0.25) is 0 Å². The van der Waals surface area contributed by atoms with Crippen molar-refractivity contribution in [3.63, 3.8) is 0 Å². The third-order valence-corrected chi connectivity index (χ3v) is 4.23. The van der Waals surface area contributed by atoms with E-state index in [0.717, 1.165) is 50.3 Å². The van der Waals surface area contributed by atoms with Crippen molar-refractivity contribution in [3.05, 3.63) is 42.2 Å². The molecule has 5 nitrogen and oxygen atoms in total. The average Bonchev–Trinajstić information content (AvgIpc) is 3.02. The highest BCUT2D eigenvalue weighted by atomic mass is 19.1. The Morgan fingerprint density at radius 3 is 2.82 bits per heavy atom. The Morgan fingerprint density at radius 2 is 2.14 bits per heavy atom. The van der Waals surface area contributed by atoms with E-state index < -0.39 is 0 Å². The molecule has 6 heteroatoms. The van der Waals surface area contributed by atoms with Crippen molar-refractivity contribution < 1.29 is 4.39 Å². The molecule has 1 aromatic heterocycles. The summed E-state index contributed by atoms with van der Waals surface area (Å²) in [5, 5.41) is 7.67. The first-order valence-electron chi connectivity index (χ1n) is 7.79. The summed E-state index contributed by atoms with van der Waals surface area (Å²) >= 11 is 0. The molecule has 0 unspecified atom stereocenters. The Kier molecular flexibility index (Phi) is 4.68. The summed E-state index contributed by atoms with van der Waals surface area (Å²) < 4.78 is 15.0. The SMILES string of the molecule is Cc1cc(F)ccc1N1CCC(NCCn2cncn2)CC1. The number of nitrogens with one attached hydrogen (secondary N) is 1. The van der Waals surface area contributed by atoms with Crippen LogP contribution in [0.3, 0.4) is 0 Å². The molecule has 1 aliphatic rings. The number of hydrogen-bond donors (Lipinski definition) is 1. The van der Waals surface area contributed by atoms with Gasteiger partial charge in [0.1, 0.15) is 18.5 Å². The number of piperidine rings is 1. The van der Waals surface area contributed by atoms with Gasteiger partial charge in [0.05, 0.1) is 6.54 Å². The van der Waals surface area contributed by atoms with E-state index in [2.05, 4.69) is 20.3 Å². The normalized spacial score (nSPS) is 16.2. The highest BCUT2D eigenvalue weighted by Gasteiger charge is 2.20. The number of nitrogens with zero attached hydrogens (tertiary/aromatic N) is 4. The fourth-order valence-corrected chi connectivity index (χ4v) is 3.03. The highest BCUT2D eigenvalue weighted by molar-refractivity contribution is 5.53. The third-order valence-electron chi connectivity index (χ3n) is 4.23. The second-order valence-electron chi connectivity index (χ2n) is 5.80. The molecule has 0 spiro atoms. The molecular formula is C16H22FN5. The van der Waals surface area contributed by atoms with E-state index >= 15 is 0 Å². The Bertz CT molecular complexity index is 591. The van der Waals surface area contributed by atoms with E-state index in [1.54, 1.807) is 24.8 Å². The Hall–Kier alpha value is -1.95. The number of halogens is 1. The highest BCUT2D eigenvalue weighted by Crippen LogP contribution is 2.24. The molecule has 0 aliphatic carbocycles. The van der Waals surface area contributed by atoms with Gasteiger partial charge in [0, 0.05) is 31.4 Å². The van der Waals surface area contributed by atoms with Gasteiger partial charge in [-0.05, 0) is 43.5 Å². The summed E-state index contributed by atoms with van der Waals surface area (Å²) in [7, 11) is 0. The first-order valence-corrected chi connectivity index (χ1v) is 7.79. The van der Waals surface area contributed by atoms with Crippen LogP contribution >= 0.6 is 0 Å². The van der Waals surface area contributed by atoms with Gasteiger partial charge in [-0.15, -0.1) is 0 Å². The van der Waals surface area contributed by atoms with E-state index in [9.17, 15) is 4.39 Å². The molecule has 2 heterocycles. The molecule has 118 valence electrons. The maximum absolute atomic E-state index is 13.2. The van der Waals surface area contributed by atoms with E-state index in [0.29, 0.717) is 6.04 Å². The van der Waals surface area contributed by atoms with Crippen LogP contribution in [0.25, 0.3) is 0 Å². The van der Waals surface area contributed by atoms with Crippen molar-refractivity contribution in [2.75, 3.05) is 24.5 Å². The summed E-state index contributed by atoms with van der Waals surface area (Å²) in [5.74, 6) is -0.161. The number of aryl methyl sites for hydroxylation is 1. The molecule has 1 fully saturated rings. The zero-order valence-corrected chi connectivity index (χ0v) is 12.9. The van der Waals surface area contributed by atoms with Crippen molar-refractivity contribution in [1.82, 2.24) is 20.1 Å². The maximum atomic E-state index is 13.2. The lowest BCUT2D eigenvalue weighted by Crippen LogP contribution is -2.43. The van der Waals surface area contributed by atoms with Crippen LogP contribution in [0.1, 0.15) is 18.4 Å². The van der Waals surface area contributed by atoms with Crippen molar-refractivity contribution in [2.45, 2.75) is 32.4 Å². The molecule has 0 radical (unpaired) electrons. The number of rotatable bonds is 5. The first kappa shape index (κ1) is 15.0. The quantitative estimate of drug-likeness (QED) is 0.917. The predicted octanol–water partition coefficient (Wildman–Crippen LogP) is 1.98. The van der Waals surface area contributed by atoms with E-state index in [4.69, 9.17) is 0 Å². The van der Waals surface area contributed by atoms with Gasteiger partial charge in [0.2, 0.25) is 0 Å². The largest absolute Gasteiger partial charge is 0.371 e. The zero-order chi connectivity index (χ0) is 15.4. The van der Waals surface area contributed by atoms with Gasteiger partial charge >= 0.3 is 0 Å². The monoisotopic (exact) mass is 303 g/mol. The second-order valence-corrected chi connectivity index (χ2v) is 5.80. The van der Waals surface area contributed by atoms with Crippen LogP contribution in [-0.2, 0) is 6.54 Å². The van der Waals surface area contributed by atoms with E-state index in [1.165, 1.54) is 0 Å². The standard InChI is InChI=1S/C16H22FN5/c1-13-10-14(17)2-3-16(13)21-7-4-15(5-8-21)19-6-9-22-12-18-11-20-22/h2-3,10-12,15,19H,4-9H2,1H3. The van der Waals surface area contributed by atoms with Crippen LogP contribution in [0, 0.1) is 12.7 Å². The predicted molar refractivity (Wildman–Crippen MR) is 84.4 cm³/mol. The van der Waals surface area contributed by atoms with Crippen LogP contribution in [0.5, 0.6) is 0 Å². The van der Waals surface area contributed by atoms with Crippen molar-refractivity contribution >= 4 is 5.69 Å². The lowest BCUT2D eigenvalue weighted by molar-refractivity contribution is 0.401. The fourth-order valence-electron chi connectivity index (χ4n) is 3.03. The van der Waals surface area contributed by atoms with Gasteiger partial charge in [-0.1, -0.05) is 0 Å². The summed E-state index contributed by atoms with van der Waals surface area (Å²) in [6, 6.07) is 5.59. The van der Waals surface area contributed by atoms with E-state index in [1.807, 2.05) is 17.7 Å². The molecule has 0 amide bonds. The third kappa shape index (κ3) is 3.62. The number of aromatic nitrogens is 3. The molecule has 1 N–H and O–H groups in total. The fraction of sp³-hybridized carbons (Fsp3) is 0.500. The molecule has 2 aromatic rings.